The summed E-state index contributed by atoms with van der Waals surface area (Å²) >= 11 is 0. The summed E-state index contributed by atoms with van der Waals surface area (Å²) in [5.74, 6) is 0.568. The van der Waals surface area contributed by atoms with E-state index in [1.54, 1.807) is 34.8 Å². The zero-order valence-electron chi connectivity index (χ0n) is 16.7. The third-order valence-electron chi connectivity index (χ3n) is 5.16. The largest absolute Gasteiger partial charge is 0.336 e. The lowest BCUT2D eigenvalue weighted by Gasteiger charge is -2.32. The first kappa shape index (κ1) is 19.2. The van der Waals surface area contributed by atoms with Gasteiger partial charge >= 0.3 is 0 Å². The van der Waals surface area contributed by atoms with E-state index in [1.165, 1.54) is 6.07 Å². The molecule has 1 aliphatic heterocycles. The maximum atomic E-state index is 13.9. The van der Waals surface area contributed by atoms with Crippen LogP contribution in [0.15, 0.2) is 28.9 Å². The van der Waals surface area contributed by atoms with Gasteiger partial charge in [-0.2, -0.15) is 4.98 Å². The van der Waals surface area contributed by atoms with Crippen LogP contribution in [0.25, 0.3) is 11.6 Å². The number of carbonyl (C=O) groups is 1. The molecule has 1 saturated heterocycles. The SMILES string of the molecule is Cc1ccc(C(=O)N2CCCC(n3cc(-c4nc(C(C)C)no4)nn3)C2)cc1F. The van der Waals surface area contributed by atoms with E-state index in [1.807, 2.05) is 13.8 Å². The molecule has 1 amide bonds. The zero-order valence-corrected chi connectivity index (χ0v) is 16.7. The van der Waals surface area contributed by atoms with Crippen LogP contribution in [-0.4, -0.2) is 49.0 Å². The maximum absolute atomic E-state index is 13.9. The number of aryl methyl sites for hydroxylation is 1. The second-order valence-electron chi connectivity index (χ2n) is 7.71. The number of nitrogens with zero attached hydrogens (tertiary/aromatic N) is 6. The quantitative estimate of drug-likeness (QED) is 0.669. The summed E-state index contributed by atoms with van der Waals surface area (Å²) < 4.78 is 20.9. The Morgan fingerprint density at radius 1 is 1.34 bits per heavy atom. The zero-order chi connectivity index (χ0) is 20.5. The van der Waals surface area contributed by atoms with Gasteiger partial charge in [0.1, 0.15) is 5.82 Å². The fourth-order valence-electron chi connectivity index (χ4n) is 3.39. The number of rotatable bonds is 4. The first-order valence-corrected chi connectivity index (χ1v) is 9.73. The maximum Gasteiger partial charge on any atom is 0.280 e. The average molecular weight is 398 g/mol. The summed E-state index contributed by atoms with van der Waals surface area (Å²) in [5, 5.41) is 12.3. The van der Waals surface area contributed by atoms with Crippen molar-refractivity contribution in [3.8, 4) is 11.6 Å². The molecule has 29 heavy (non-hydrogen) atoms. The van der Waals surface area contributed by atoms with Crippen molar-refractivity contribution in [3.05, 3.63) is 47.2 Å². The van der Waals surface area contributed by atoms with Crippen LogP contribution in [0.1, 0.15) is 60.4 Å². The van der Waals surface area contributed by atoms with Gasteiger partial charge in [-0.3, -0.25) is 4.79 Å². The van der Waals surface area contributed by atoms with Gasteiger partial charge in [0.05, 0.1) is 12.2 Å². The van der Waals surface area contributed by atoms with Crippen LogP contribution in [0.2, 0.25) is 0 Å². The van der Waals surface area contributed by atoms with Crippen molar-refractivity contribution in [2.75, 3.05) is 13.1 Å². The number of aromatic nitrogens is 5. The van der Waals surface area contributed by atoms with Gasteiger partial charge in [0.25, 0.3) is 11.8 Å². The Hall–Kier alpha value is -3.10. The molecule has 1 aliphatic rings. The lowest BCUT2D eigenvalue weighted by atomic mass is 10.0. The summed E-state index contributed by atoms with van der Waals surface area (Å²) in [4.78, 5) is 18.9. The van der Waals surface area contributed by atoms with Crippen LogP contribution in [-0.2, 0) is 0 Å². The van der Waals surface area contributed by atoms with Gasteiger partial charge in [-0.05, 0) is 37.5 Å². The third kappa shape index (κ3) is 3.90. The Kier molecular flexibility index (Phi) is 5.12. The Morgan fingerprint density at radius 2 is 2.17 bits per heavy atom. The first-order valence-electron chi connectivity index (χ1n) is 9.73. The molecule has 0 aliphatic carbocycles. The standard InChI is InChI=1S/C20H23FN6O2/c1-12(2)18-22-19(29-24-18)17-11-27(25-23-17)15-5-4-8-26(10-15)20(28)14-7-6-13(3)16(21)9-14/h6-7,9,11-12,15H,4-5,8,10H2,1-3H3. The fraction of sp³-hybridized carbons (Fsp3) is 0.450. The molecule has 8 nitrogen and oxygen atoms in total. The van der Waals surface area contributed by atoms with E-state index >= 15 is 0 Å². The van der Waals surface area contributed by atoms with Crippen molar-refractivity contribution in [3.63, 3.8) is 0 Å². The smallest absolute Gasteiger partial charge is 0.280 e. The lowest BCUT2D eigenvalue weighted by Crippen LogP contribution is -2.40. The molecule has 152 valence electrons. The highest BCUT2D eigenvalue weighted by atomic mass is 19.1. The average Bonchev–Trinajstić information content (AvgIpc) is 3.39. The Bertz CT molecular complexity index is 1030. The predicted molar refractivity (Wildman–Crippen MR) is 103 cm³/mol. The molecule has 1 aromatic carbocycles. The lowest BCUT2D eigenvalue weighted by molar-refractivity contribution is 0.0671. The second kappa shape index (κ2) is 7.73. The van der Waals surface area contributed by atoms with Crippen LogP contribution >= 0.6 is 0 Å². The summed E-state index contributed by atoms with van der Waals surface area (Å²) in [7, 11) is 0. The fourth-order valence-corrected chi connectivity index (χ4v) is 3.39. The molecule has 1 fully saturated rings. The van der Waals surface area contributed by atoms with Crippen molar-refractivity contribution in [1.82, 2.24) is 30.0 Å². The van der Waals surface area contributed by atoms with E-state index in [4.69, 9.17) is 4.52 Å². The Labute approximate surface area is 167 Å². The molecule has 3 heterocycles. The van der Waals surface area contributed by atoms with Gasteiger partial charge in [0.2, 0.25) is 0 Å². The van der Waals surface area contributed by atoms with E-state index < -0.39 is 0 Å². The molecular weight excluding hydrogens is 375 g/mol. The molecular formula is C20H23FN6O2. The van der Waals surface area contributed by atoms with Crippen LogP contribution in [0.3, 0.4) is 0 Å². The van der Waals surface area contributed by atoms with Gasteiger partial charge in [-0.1, -0.05) is 30.3 Å². The molecule has 0 bridgehead atoms. The molecule has 3 aromatic rings. The highest BCUT2D eigenvalue weighted by Crippen LogP contribution is 2.25. The van der Waals surface area contributed by atoms with E-state index in [-0.39, 0.29) is 23.7 Å². The molecule has 0 N–H and O–H groups in total. The van der Waals surface area contributed by atoms with Crippen LogP contribution < -0.4 is 0 Å². The van der Waals surface area contributed by atoms with Crippen molar-refractivity contribution >= 4 is 5.91 Å². The Morgan fingerprint density at radius 3 is 2.90 bits per heavy atom. The number of likely N-dealkylation sites (tertiary alicyclic amines) is 1. The normalized spacial score (nSPS) is 17.1. The van der Waals surface area contributed by atoms with E-state index in [0.29, 0.717) is 41.6 Å². The predicted octanol–water partition coefficient (Wildman–Crippen LogP) is 3.38. The minimum absolute atomic E-state index is 0.0169. The van der Waals surface area contributed by atoms with Crippen molar-refractivity contribution in [2.24, 2.45) is 0 Å². The highest BCUT2D eigenvalue weighted by Gasteiger charge is 2.27. The second-order valence-corrected chi connectivity index (χ2v) is 7.71. The van der Waals surface area contributed by atoms with Crippen molar-refractivity contribution in [1.29, 1.82) is 0 Å². The van der Waals surface area contributed by atoms with Gasteiger partial charge < -0.3 is 9.42 Å². The summed E-state index contributed by atoms with van der Waals surface area (Å²) in [5.41, 5.74) is 1.39. The molecule has 4 rings (SSSR count). The number of amides is 1. The summed E-state index contributed by atoms with van der Waals surface area (Å²) in [6.45, 7) is 6.76. The first-order chi connectivity index (χ1) is 13.9. The Balaban J connectivity index is 1.49. The number of halogens is 1. The molecule has 0 radical (unpaired) electrons. The van der Waals surface area contributed by atoms with Gasteiger partial charge in [0, 0.05) is 24.6 Å². The summed E-state index contributed by atoms with van der Waals surface area (Å²) in [6.07, 6.45) is 3.47. The van der Waals surface area contributed by atoms with Gasteiger partial charge in [-0.25, -0.2) is 9.07 Å². The topological polar surface area (TPSA) is 89.9 Å². The number of hydrogen-bond acceptors (Lipinski definition) is 6. The number of hydrogen-bond donors (Lipinski definition) is 0. The van der Waals surface area contributed by atoms with E-state index in [9.17, 15) is 9.18 Å². The van der Waals surface area contributed by atoms with Gasteiger partial charge in [0.15, 0.2) is 11.5 Å². The number of piperidine rings is 1. The van der Waals surface area contributed by atoms with E-state index in [0.717, 1.165) is 12.8 Å². The molecule has 1 unspecified atom stereocenters. The third-order valence-corrected chi connectivity index (χ3v) is 5.16. The monoisotopic (exact) mass is 398 g/mol. The van der Waals surface area contributed by atoms with Crippen LogP contribution in [0, 0.1) is 12.7 Å². The van der Waals surface area contributed by atoms with Crippen LogP contribution in [0.4, 0.5) is 4.39 Å². The van der Waals surface area contributed by atoms with E-state index in [2.05, 4.69) is 20.5 Å². The minimum Gasteiger partial charge on any atom is -0.336 e. The molecule has 2 aromatic heterocycles. The molecule has 0 saturated carbocycles. The van der Waals surface area contributed by atoms with Crippen LogP contribution in [0.5, 0.6) is 0 Å². The number of benzene rings is 1. The molecule has 0 spiro atoms. The van der Waals surface area contributed by atoms with Gasteiger partial charge in [-0.15, -0.1) is 5.10 Å². The van der Waals surface area contributed by atoms with Crippen molar-refractivity contribution in [2.45, 2.75) is 45.6 Å². The molecule has 1 atom stereocenters. The minimum atomic E-state index is -0.370. The molecule has 9 heteroatoms. The number of carbonyl (C=O) groups excluding carboxylic acids is 1. The summed E-state index contributed by atoms with van der Waals surface area (Å²) in [6, 6.07) is 4.58. The van der Waals surface area contributed by atoms with Crippen molar-refractivity contribution < 1.29 is 13.7 Å². The highest BCUT2D eigenvalue weighted by molar-refractivity contribution is 5.94.